The Balaban J connectivity index is 1.91. The molecule has 1 unspecified atom stereocenters. The first-order chi connectivity index (χ1) is 11.9. The second-order valence-electron chi connectivity index (χ2n) is 6.69. The van der Waals surface area contributed by atoms with Crippen molar-refractivity contribution in [3.63, 3.8) is 0 Å². The minimum absolute atomic E-state index is 0.0533. The number of fused-ring (bicyclic) bond motifs is 3. The summed E-state index contributed by atoms with van der Waals surface area (Å²) in [7, 11) is 0. The molecule has 0 saturated carbocycles. The van der Waals surface area contributed by atoms with Crippen molar-refractivity contribution in [2.75, 3.05) is 11.9 Å². The fourth-order valence-corrected chi connectivity index (χ4v) is 3.35. The summed E-state index contributed by atoms with van der Waals surface area (Å²) in [6, 6.07) is 14.1. The second-order valence-corrected chi connectivity index (χ2v) is 6.69. The van der Waals surface area contributed by atoms with Crippen LogP contribution in [-0.4, -0.2) is 32.9 Å². The van der Waals surface area contributed by atoms with Crippen LogP contribution in [0.15, 0.2) is 42.5 Å². The smallest absolute Gasteiger partial charge is 0.227 e. The summed E-state index contributed by atoms with van der Waals surface area (Å²) in [5.74, 6) is -0.267. The van der Waals surface area contributed by atoms with Crippen LogP contribution in [-0.2, 0) is 11.3 Å². The third kappa shape index (κ3) is 3.52. The second kappa shape index (κ2) is 6.86. The van der Waals surface area contributed by atoms with Crippen molar-refractivity contribution >= 4 is 33.4 Å². The van der Waals surface area contributed by atoms with E-state index in [1.807, 2.05) is 30.3 Å². The number of aliphatic hydroxyl groups excluding tert-OH is 1. The molecule has 3 rings (SSSR count). The van der Waals surface area contributed by atoms with Crippen LogP contribution in [0.5, 0.6) is 0 Å². The first kappa shape index (κ1) is 17.5. The van der Waals surface area contributed by atoms with Crippen LogP contribution >= 0.6 is 0 Å². The first-order valence-corrected chi connectivity index (χ1v) is 8.59. The highest BCUT2D eigenvalue weighted by Gasteiger charge is 2.23. The summed E-state index contributed by atoms with van der Waals surface area (Å²) in [6.07, 6.45) is 0.117. The van der Waals surface area contributed by atoms with Crippen molar-refractivity contribution in [3.05, 3.63) is 42.5 Å². The fourth-order valence-electron chi connectivity index (χ4n) is 3.35. The Bertz CT molecular complexity index is 912. The van der Waals surface area contributed by atoms with E-state index < -0.39 is 5.60 Å². The number of benzene rings is 2. The molecule has 0 spiro atoms. The van der Waals surface area contributed by atoms with Gasteiger partial charge in [-0.15, -0.1) is 0 Å². The van der Waals surface area contributed by atoms with Gasteiger partial charge in [-0.2, -0.15) is 0 Å². The molecule has 1 atom stereocenters. The minimum Gasteiger partial charge on any atom is -0.396 e. The Morgan fingerprint density at radius 2 is 1.88 bits per heavy atom. The van der Waals surface area contributed by atoms with Gasteiger partial charge in [0.05, 0.1) is 12.0 Å². The largest absolute Gasteiger partial charge is 0.396 e. The lowest BCUT2D eigenvalue weighted by molar-refractivity contribution is -0.120. The Labute approximate surface area is 146 Å². The number of hydrogen-bond donors (Lipinski definition) is 3. The molecule has 0 fully saturated rings. The highest BCUT2D eigenvalue weighted by molar-refractivity contribution is 6.09. The summed E-state index contributed by atoms with van der Waals surface area (Å²) >= 11 is 0. The normalized spacial score (nSPS) is 13.9. The zero-order valence-electron chi connectivity index (χ0n) is 14.6. The predicted octanol–water partition coefficient (Wildman–Crippen LogP) is 3.28. The molecular formula is C20H24N2O3. The van der Waals surface area contributed by atoms with E-state index in [-0.39, 0.29) is 25.4 Å². The molecule has 0 aliphatic carbocycles. The van der Waals surface area contributed by atoms with Gasteiger partial charge in [0.1, 0.15) is 0 Å². The van der Waals surface area contributed by atoms with Gasteiger partial charge < -0.3 is 20.1 Å². The number of hydrogen-bond acceptors (Lipinski definition) is 3. The topological polar surface area (TPSA) is 74.5 Å². The molecule has 0 bridgehead atoms. The molecule has 0 saturated heterocycles. The lowest BCUT2D eigenvalue weighted by Crippen LogP contribution is -2.31. The number of carbonyl (C=O) groups excluding carboxylic acids is 1. The van der Waals surface area contributed by atoms with E-state index in [2.05, 4.69) is 28.9 Å². The van der Waals surface area contributed by atoms with Crippen molar-refractivity contribution in [1.82, 2.24) is 4.57 Å². The number of nitrogens with zero attached hydrogens (tertiary/aromatic N) is 1. The number of aliphatic hydroxyl groups is 2. The average Bonchev–Trinajstić information content (AvgIpc) is 2.87. The number of nitrogens with one attached hydrogen (secondary N) is 1. The van der Waals surface area contributed by atoms with Crippen LogP contribution in [0, 0.1) is 0 Å². The Morgan fingerprint density at radius 1 is 1.16 bits per heavy atom. The van der Waals surface area contributed by atoms with Crippen LogP contribution in [0.1, 0.15) is 26.7 Å². The van der Waals surface area contributed by atoms with Crippen LogP contribution in [0.4, 0.5) is 5.69 Å². The summed E-state index contributed by atoms with van der Waals surface area (Å²) in [5.41, 5.74) is 1.81. The van der Waals surface area contributed by atoms with Crippen molar-refractivity contribution in [1.29, 1.82) is 0 Å². The Kier molecular flexibility index (Phi) is 4.79. The third-order valence-electron chi connectivity index (χ3n) is 4.56. The lowest BCUT2D eigenvalue weighted by Gasteiger charge is -2.21. The number of para-hydroxylation sites is 1. The highest BCUT2D eigenvalue weighted by atomic mass is 16.3. The molecule has 132 valence electrons. The highest BCUT2D eigenvalue weighted by Crippen LogP contribution is 2.31. The van der Waals surface area contributed by atoms with Crippen LogP contribution in [0.2, 0.25) is 0 Å². The first-order valence-electron chi connectivity index (χ1n) is 8.59. The van der Waals surface area contributed by atoms with Crippen molar-refractivity contribution in [3.8, 4) is 0 Å². The van der Waals surface area contributed by atoms with Gasteiger partial charge in [-0.3, -0.25) is 4.79 Å². The molecule has 3 N–H and O–H groups in total. The Hall–Kier alpha value is -2.37. The number of carbonyl (C=O) groups is 1. The number of rotatable bonds is 6. The average molecular weight is 340 g/mol. The summed E-state index contributed by atoms with van der Waals surface area (Å²) in [5, 5.41) is 24.1. The minimum atomic E-state index is -1.21. The molecule has 3 aromatic rings. The molecule has 1 amide bonds. The molecule has 1 heterocycles. The molecular weight excluding hydrogens is 316 g/mol. The fraction of sp³-hybridized carbons (Fsp3) is 0.350. The standard InChI is InChI=1S/C20H24N2O3/c1-3-22-17-7-5-4-6-15(17)16-12-14(8-9-18(16)22)21-19(24)13-20(2,25)10-11-23/h4-9,12,23,25H,3,10-11,13H2,1-2H3,(H,21,24). The Morgan fingerprint density at radius 3 is 2.60 bits per heavy atom. The van der Waals surface area contributed by atoms with E-state index in [1.54, 1.807) is 6.92 Å². The third-order valence-corrected chi connectivity index (χ3v) is 4.56. The van der Waals surface area contributed by atoms with Gasteiger partial charge in [0, 0.05) is 40.6 Å². The van der Waals surface area contributed by atoms with Crippen LogP contribution in [0.25, 0.3) is 21.8 Å². The predicted molar refractivity (Wildman–Crippen MR) is 101 cm³/mol. The molecule has 0 aliphatic heterocycles. The van der Waals surface area contributed by atoms with Gasteiger partial charge >= 0.3 is 0 Å². The molecule has 0 radical (unpaired) electrons. The molecule has 0 aliphatic rings. The van der Waals surface area contributed by atoms with Gasteiger partial charge in [0.15, 0.2) is 0 Å². The van der Waals surface area contributed by atoms with Gasteiger partial charge in [-0.1, -0.05) is 18.2 Å². The van der Waals surface area contributed by atoms with Gasteiger partial charge in [-0.05, 0) is 44.5 Å². The monoisotopic (exact) mass is 340 g/mol. The summed E-state index contributed by atoms with van der Waals surface area (Å²) in [4.78, 5) is 12.2. The number of amides is 1. The van der Waals surface area contributed by atoms with Gasteiger partial charge in [0.2, 0.25) is 5.91 Å². The maximum atomic E-state index is 12.2. The zero-order chi connectivity index (χ0) is 18.0. The van der Waals surface area contributed by atoms with Crippen molar-refractivity contribution in [2.45, 2.75) is 38.8 Å². The van der Waals surface area contributed by atoms with Gasteiger partial charge in [0.25, 0.3) is 0 Å². The van der Waals surface area contributed by atoms with Crippen molar-refractivity contribution < 1.29 is 15.0 Å². The molecule has 25 heavy (non-hydrogen) atoms. The van der Waals surface area contributed by atoms with E-state index >= 15 is 0 Å². The maximum absolute atomic E-state index is 12.2. The van der Waals surface area contributed by atoms with E-state index in [0.717, 1.165) is 22.8 Å². The van der Waals surface area contributed by atoms with Crippen LogP contribution in [0.3, 0.4) is 0 Å². The molecule has 1 aromatic heterocycles. The van der Waals surface area contributed by atoms with E-state index in [1.165, 1.54) is 5.52 Å². The van der Waals surface area contributed by atoms with E-state index in [0.29, 0.717) is 5.69 Å². The molecule has 5 heteroatoms. The quantitative estimate of drug-likeness (QED) is 0.645. The molecule has 5 nitrogen and oxygen atoms in total. The van der Waals surface area contributed by atoms with Crippen LogP contribution < -0.4 is 5.32 Å². The number of anilines is 1. The maximum Gasteiger partial charge on any atom is 0.227 e. The zero-order valence-corrected chi connectivity index (χ0v) is 14.6. The van der Waals surface area contributed by atoms with E-state index in [9.17, 15) is 9.90 Å². The molecule has 2 aromatic carbocycles. The van der Waals surface area contributed by atoms with E-state index in [4.69, 9.17) is 5.11 Å². The number of aryl methyl sites for hydroxylation is 1. The van der Waals surface area contributed by atoms with Gasteiger partial charge in [-0.25, -0.2) is 0 Å². The number of aromatic nitrogens is 1. The summed E-state index contributed by atoms with van der Waals surface area (Å²) < 4.78 is 2.25. The summed E-state index contributed by atoms with van der Waals surface area (Å²) in [6.45, 7) is 4.40. The van der Waals surface area contributed by atoms with Crippen molar-refractivity contribution in [2.24, 2.45) is 0 Å². The SMILES string of the molecule is CCn1c2ccccc2c2cc(NC(=O)CC(C)(O)CCO)ccc21. The lowest BCUT2D eigenvalue weighted by atomic mass is 9.98.